The van der Waals surface area contributed by atoms with Crippen LogP contribution >= 0.6 is 0 Å². The van der Waals surface area contributed by atoms with E-state index in [9.17, 15) is 14.7 Å². The fourth-order valence-corrected chi connectivity index (χ4v) is 2.73. The van der Waals surface area contributed by atoms with Gasteiger partial charge in [0.25, 0.3) is 0 Å². The van der Waals surface area contributed by atoms with Crippen molar-refractivity contribution in [2.24, 2.45) is 0 Å². The van der Waals surface area contributed by atoms with Gasteiger partial charge in [0, 0.05) is 0 Å². The number of carboxylic acids is 1. The fraction of sp³-hybridized carbons (Fsp3) is 0.529. The first kappa shape index (κ1) is 17.2. The van der Waals surface area contributed by atoms with Gasteiger partial charge < -0.3 is 9.84 Å². The second kappa shape index (κ2) is 6.29. The van der Waals surface area contributed by atoms with Crippen molar-refractivity contribution in [3.8, 4) is 0 Å². The maximum atomic E-state index is 12.1. The number of aromatic carboxylic acids is 1. The highest BCUT2D eigenvalue weighted by Gasteiger charge is 2.30. The highest BCUT2D eigenvalue weighted by molar-refractivity contribution is 6.04. The molecule has 0 fully saturated rings. The van der Waals surface area contributed by atoms with Crippen molar-refractivity contribution in [2.45, 2.75) is 53.4 Å². The molecule has 1 rings (SSSR count). The molecule has 0 spiro atoms. The van der Waals surface area contributed by atoms with Crippen molar-refractivity contribution in [3.63, 3.8) is 0 Å². The Balaban J connectivity index is 3.79. The number of carbonyl (C=O) groups is 2. The largest absolute Gasteiger partial charge is 0.478 e. The van der Waals surface area contributed by atoms with Crippen molar-refractivity contribution in [1.29, 1.82) is 0 Å². The quantitative estimate of drug-likeness (QED) is 0.859. The number of carboxylic acid groups (broad SMARTS) is 1. The molecule has 1 aromatic rings. The van der Waals surface area contributed by atoms with Gasteiger partial charge in [0.1, 0.15) is 0 Å². The monoisotopic (exact) mass is 292 g/mol. The van der Waals surface area contributed by atoms with Gasteiger partial charge in [0.05, 0.1) is 17.7 Å². The molecular weight excluding hydrogens is 268 g/mol. The average Bonchev–Trinajstić information content (AvgIpc) is 2.36. The first-order valence-electron chi connectivity index (χ1n) is 7.22. The Hall–Kier alpha value is -1.84. The van der Waals surface area contributed by atoms with Crippen LogP contribution in [0.5, 0.6) is 0 Å². The van der Waals surface area contributed by atoms with Gasteiger partial charge in [-0.05, 0) is 48.4 Å². The first-order chi connectivity index (χ1) is 9.65. The lowest BCUT2D eigenvalue weighted by atomic mass is 9.77. The van der Waals surface area contributed by atoms with E-state index >= 15 is 0 Å². The minimum Gasteiger partial charge on any atom is -0.478 e. The van der Waals surface area contributed by atoms with Gasteiger partial charge in [-0.15, -0.1) is 0 Å². The number of hydrogen-bond donors (Lipinski definition) is 1. The summed E-state index contributed by atoms with van der Waals surface area (Å²) in [5.41, 5.74) is 2.47. The molecule has 0 saturated carbocycles. The Morgan fingerprint density at radius 3 is 2.19 bits per heavy atom. The Morgan fingerprint density at radius 2 is 1.81 bits per heavy atom. The fourth-order valence-electron chi connectivity index (χ4n) is 2.73. The maximum Gasteiger partial charge on any atom is 0.339 e. The normalized spacial score (nSPS) is 11.3. The van der Waals surface area contributed by atoms with Crippen molar-refractivity contribution < 1.29 is 19.4 Å². The molecule has 0 bridgehead atoms. The topological polar surface area (TPSA) is 63.6 Å². The van der Waals surface area contributed by atoms with Crippen molar-refractivity contribution >= 4 is 11.9 Å². The molecule has 116 valence electrons. The highest BCUT2D eigenvalue weighted by Crippen LogP contribution is 2.34. The van der Waals surface area contributed by atoms with Crippen LogP contribution in [0.1, 0.15) is 72.0 Å². The zero-order valence-corrected chi connectivity index (χ0v) is 13.7. The summed E-state index contributed by atoms with van der Waals surface area (Å²) in [4.78, 5) is 23.9. The van der Waals surface area contributed by atoms with Crippen LogP contribution in [0.25, 0.3) is 0 Å². The summed E-state index contributed by atoms with van der Waals surface area (Å²) in [7, 11) is 0. The number of ether oxygens (including phenoxy) is 1. The standard InChI is InChI=1S/C17H24O4/c1-7-11-9-12(16(20)21-8-2)13(15(18)19)14(10(11)3)17(4,5)6/h9H,7-8H2,1-6H3,(H,18,19). The molecule has 0 aliphatic heterocycles. The lowest BCUT2D eigenvalue weighted by Crippen LogP contribution is -2.24. The molecular formula is C17H24O4. The lowest BCUT2D eigenvalue weighted by molar-refractivity contribution is 0.0513. The molecule has 0 aliphatic carbocycles. The SMILES string of the molecule is CCOC(=O)c1cc(CC)c(C)c(C(C)(C)C)c1C(=O)O. The van der Waals surface area contributed by atoms with E-state index in [1.807, 2.05) is 34.6 Å². The molecule has 0 aliphatic rings. The molecule has 0 unspecified atom stereocenters. The number of hydrogen-bond acceptors (Lipinski definition) is 3. The number of carbonyl (C=O) groups excluding carboxylic acids is 1. The van der Waals surface area contributed by atoms with Gasteiger partial charge in [-0.1, -0.05) is 27.7 Å². The Morgan fingerprint density at radius 1 is 1.24 bits per heavy atom. The van der Waals surface area contributed by atoms with Gasteiger partial charge in [0.2, 0.25) is 0 Å². The zero-order valence-electron chi connectivity index (χ0n) is 13.7. The van der Waals surface area contributed by atoms with E-state index in [4.69, 9.17) is 4.74 Å². The predicted octanol–water partition coefficient (Wildman–Crippen LogP) is 3.73. The Bertz CT molecular complexity index is 565. The van der Waals surface area contributed by atoms with Crippen molar-refractivity contribution in [2.75, 3.05) is 6.61 Å². The second-order valence-electron chi connectivity index (χ2n) is 6.09. The van der Waals surface area contributed by atoms with Crippen LogP contribution in [-0.4, -0.2) is 23.7 Å². The summed E-state index contributed by atoms with van der Waals surface area (Å²) < 4.78 is 5.02. The molecule has 0 atom stereocenters. The van der Waals surface area contributed by atoms with E-state index in [1.54, 1.807) is 13.0 Å². The molecule has 0 saturated heterocycles. The van der Waals surface area contributed by atoms with E-state index in [-0.39, 0.29) is 23.1 Å². The molecule has 4 heteroatoms. The third kappa shape index (κ3) is 3.43. The molecule has 4 nitrogen and oxygen atoms in total. The second-order valence-corrected chi connectivity index (χ2v) is 6.09. The number of benzene rings is 1. The molecule has 1 aromatic carbocycles. The summed E-state index contributed by atoms with van der Waals surface area (Å²) in [5.74, 6) is -1.66. The van der Waals surface area contributed by atoms with Crippen LogP contribution < -0.4 is 0 Å². The van der Waals surface area contributed by atoms with E-state index in [0.717, 1.165) is 17.5 Å². The van der Waals surface area contributed by atoms with Crippen LogP contribution in [0.3, 0.4) is 0 Å². The summed E-state index contributed by atoms with van der Waals surface area (Å²) in [6.07, 6.45) is 0.737. The summed E-state index contributed by atoms with van der Waals surface area (Å²) in [6, 6.07) is 1.66. The van der Waals surface area contributed by atoms with Gasteiger partial charge in [0.15, 0.2) is 0 Å². The molecule has 1 N–H and O–H groups in total. The Kier molecular flexibility index (Phi) is 5.15. The molecule has 0 heterocycles. The molecule has 0 aromatic heterocycles. The smallest absolute Gasteiger partial charge is 0.339 e. The van der Waals surface area contributed by atoms with Crippen molar-refractivity contribution in [3.05, 3.63) is 33.9 Å². The van der Waals surface area contributed by atoms with Crippen LogP contribution in [0.4, 0.5) is 0 Å². The third-order valence-corrected chi connectivity index (χ3v) is 3.53. The zero-order chi connectivity index (χ0) is 16.4. The summed E-state index contributed by atoms with van der Waals surface area (Å²) in [6.45, 7) is 11.7. The first-order valence-corrected chi connectivity index (χ1v) is 7.22. The van der Waals surface area contributed by atoms with Crippen LogP contribution in [0, 0.1) is 6.92 Å². The van der Waals surface area contributed by atoms with E-state index < -0.39 is 11.9 Å². The van der Waals surface area contributed by atoms with Crippen LogP contribution in [0.15, 0.2) is 6.07 Å². The molecule has 0 radical (unpaired) electrons. The highest BCUT2D eigenvalue weighted by atomic mass is 16.5. The summed E-state index contributed by atoms with van der Waals surface area (Å²) in [5, 5.41) is 9.61. The van der Waals surface area contributed by atoms with Gasteiger partial charge in [-0.25, -0.2) is 9.59 Å². The summed E-state index contributed by atoms with van der Waals surface area (Å²) >= 11 is 0. The minimum absolute atomic E-state index is 0.0654. The third-order valence-electron chi connectivity index (χ3n) is 3.53. The van der Waals surface area contributed by atoms with E-state index in [1.165, 1.54) is 0 Å². The van der Waals surface area contributed by atoms with Gasteiger partial charge in [-0.2, -0.15) is 0 Å². The number of rotatable bonds is 4. The predicted molar refractivity (Wildman–Crippen MR) is 82.2 cm³/mol. The Labute approximate surface area is 126 Å². The van der Waals surface area contributed by atoms with Crippen LogP contribution in [-0.2, 0) is 16.6 Å². The van der Waals surface area contributed by atoms with E-state index in [0.29, 0.717) is 5.56 Å². The van der Waals surface area contributed by atoms with E-state index in [2.05, 4.69) is 0 Å². The maximum absolute atomic E-state index is 12.1. The van der Waals surface area contributed by atoms with Gasteiger partial charge >= 0.3 is 11.9 Å². The van der Waals surface area contributed by atoms with Gasteiger partial charge in [-0.3, -0.25) is 0 Å². The number of aryl methyl sites for hydroxylation is 1. The lowest BCUT2D eigenvalue weighted by Gasteiger charge is -2.27. The minimum atomic E-state index is -1.09. The van der Waals surface area contributed by atoms with Crippen LogP contribution in [0.2, 0.25) is 0 Å². The van der Waals surface area contributed by atoms with Crippen molar-refractivity contribution in [1.82, 2.24) is 0 Å². The average molecular weight is 292 g/mol. The molecule has 21 heavy (non-hydrogen) atoms. The number of esters is 1. The molecule has 0 amide bonds.